The smallest absolute Gasteiger partial charge is 0.269 e. The molecule has 0 bridgehead atoms. The Bertz CT molecular complexity index is 952. The molecule has 3 rings (SSSR count). The zero-order valence-electron chi connectivity index (χ0n) is 15.3. The van der Waals surface area contributed by atoms with Crippen molar-refractivity contribution in [2.45, 2.75) is 11.3 Å². The van der Waals surface area contributed by atoms with Gasteiger partial charge in [0, 0.05) is 29.0 Å². The standard InChI is InChI=1S/C20H20N4O3S/c1-27-16-6-8-17(9-7-16)28-13-11-19(25)22-14-2-4-15(5-3-14)24-12-10-18(23-24)20(21)26/h2-10,12H,11,13H2,1H3,(H2,21,26)(H,22,25). The van der Waals surface area contributed by atoms with Gasteiger partial charge in [-0.3, -0.25) is 9.59 Å². The summed E-state index contributed by atoms with van der Waals surface area (Å²) in [5.41, 5.74) is 6.87. The van der Waals surface area contributed by atoms with Crippen molar-refractivity contribution in [3.63, 3.8) is 0 Å². The van der Waals surface area contributed by atoms with E-state index in [2.05, 4.69) is 10.4 Å². The SMILES string of the molecule is COc1ccc(SCCC(=O)Nc2ccc(-n3ccc(C(N)=O)n3)cc2)cc1. The highest BCUT2D eigenvalue weighted by Gasteiger charge is 2.07. The number of hydrogen-bond acceptors (Lipinski definition) is 5. The molecule has 2 amide bonds. The molecule has 0 aliphatic heterocycles. The maximum atomic E-state index is 12.1. The highest BCUT2D eigenvalue weighted by Crippen LogP contribution is 2.22. The van der Waals surface area contributed by atoms with Gasteiger partial charge in [0.15, 0.2) is 0 Å². The lowest BCUT2D eigenvalue weighted by Gasteiger charge is -2.07. The lowest BCUT2D eigenvalue weighted by molar-refractivity contribution is -0.115. The third kappa shape index (κ3) is 5.14. The topological polar surface area (TPSA) is 99.2 Å². The van der Waals surface area contributed by atoms with Crippen LogP contribution < -0.4 is 15.8 Å². The van der Waals surface area contributed by atoms with Crippen LogP contribution in [0.5, 0.6) is 5.75 Å². The molecule has 0 aliphatic carbocycles. The molecule has 0 atom stereocenters. The van der Waals surface area contributed by atoms with Crippen molar-refractivity contribution >= 4 is 29.3 Å². The molecule has 28 heavy (non-hydrogen) atoms. The Morgan fingerprint density at radius 1 is 1.11 bits per heavy atom. The third-order valence-electron chi connectivity index (χ3n) is 3.91. The number of carbonyl (C=O) groups is 2. The third-order valence-corrected chi connectivity index (χ3v) is 4.93. The van der Waals surface area contributed by atoms with Crippen LogP contribution in [-0.4, -0.2) is 34.5 Å². The first-order chi connectivity index (χ1) is 13.5. The van der Waals surface area contributed by atoms with Crippen LogP contribution in [0.3, 0.4) is 0 Å². The Morgan fingerprint density at radius 3 is 2.43 bits per heavy atom. The molecule has 3 aromatic rings. The molecule has 1 aromatic heterocycles. The highest BCUT2D eigenvalue weighted by atomic mass is 32.2. The summed E-state index contributed by atoms with van der Waals surface area (Å²) in [5, 5.41) is 6.97. The number of rotatable bonds is 8. The number of ether oxygens (including phenoxy) is 1. The fraction of sp³-hybridized carbons (Fsp3) is 0.150. The van der Waals surface area contributed by atoms with E-state index in [9.17, 15) is 9.59 Å². The molecular weight excluding hydrogens is 376 g/mol. The van der Waals surface area contributed by atoms with E-state index in [1.807, 2.05) is 24.3 Å². The van der Waals surface area contributed by atoms with Crippen molar-refractivity contribution in [3.8, 4) is 11.4 Å². The number of benzene rings is 2. The molecule has 0 saturated carbocycles. The van der Waals surface area contributed by atoms with Gasteiger partial charge in [-0.2, -0.15) is 5.10 Å². The number of thioether (sulfide) groups is 1. The van der Waals surface area contributed by atoms with Crippen LogP contribution >= 0.6 is 11.8 Å². The molecule has 8 heteroatoms. The second-order valence-electron chi connectivity index (χ2n) is 5.88. The maximum Gasteiger partial charge on any atom is 0.269 e. The summed E-state index contributed by atoms with van der Waals surface area (Å²) in [6.45, 7) is 0. The van der Waals surface area contributed by atoms with E-state index in [4.69, 9.17) is 10.5 Å². The summed E-state index contributed by atoms with van der Waals surface area (Å²) in [6, 6.07) is 16.5. The number of anilines is 1. The minimum absolute atomic E-state index is 0.0520. The van der Waals surface area contributed by atoms with Crippen molar-refractivity contribution in [1.82, 2.24) is 9.78 Å². The van der Waals surface area contributed by atoms with Crippen molar-refractivity contribution < 1.29 is 14.3 Å². The molecule has 0 spiro atoms. The predicted octanol–water partition coefficient (Wildman–Crippen LogP) is 3.10. The first-order valence-electron chi connectivity index (χ1n) is 8.58. The first-order valence-corrected chi connectivity index (χ1v) is 9.56. The van der Waals surface area contributed by atoms with E-state index in [0.29, 0.717) is 17.9 Å². The number of primary amides is 1. The molecule has 0 aliphatic rings. The zero-order chi connectivity index (χ0) is 19.9. The molecule has 0 fully saturated rings. The lowest BCUT2D eigenvalue weighted by Crippen LogP contribution is -2.12. The molecule has 3 N–H and O–H groups in total. The molecule has 2 aromatic carbocycles. The molecule has 144 valence electrons. The molecule has 1 heterocycles. The van der Waals surface area contributed by atoms with Crippen molar-refractivity contribution in [2.24, 2.45) is 5.73 Å². The van der Waals surface area contributed by atoms with Crippen LogP contribution in [0.15, 0.2) is 65.7 Å². The summed E-state index contributed by atoms with van der Waals surface area (Å²) in [5.74, 6) is 0.866. The van der Waals surface area contributed by atoms with Crippen LogP contribution in [-0.2, 0) is 4.79 Å². The van der Waals surface area contributed by atoms with Crippen LogP contribution in [0, 0.1) is 0 Å². The number of methoxy groups -OCH3 is 1. The van der Waals surface area contributed by atoms with E-state index >= 15 is 0 Å². The van der Waals surface area contributed by atoms with Crippen LogP contribution in [0.4, 0.5) is 5.69 Å². The van der Waals surface area contributed by atoms with Gasteiger partial charge in [0.25, 0.3) is 5.91 Å². The number of nitrogens with two attached hydrogens (primary N) is 1. The predicted molar refractivity (Wildman–Crippen MR) is 109 cm³/mol. The number of nitrogens with one attached hydrogen (secondary N) is 1. The van der Waals surface area contributed by atoms with Crippen LogP contribution in [0.25, 0.3) is 5.69 Å². The minimum Gasteiger partial charge on any atom is -0.497 e. The second kappa shape index (κ2) is 9.09. The van der Waals surface area contributed by atoms with Crippen LogP contribution in [0.2, 0.25) is 0 Å². The van der Waals surface area contributed by atoms with E-state index < -0.39 is 5.91 Å². The minimum atomic E-state index is -0.574. The Balaban J connectivity index is 1.49. The van der Waals surface area contributed by atoms with Gasteiger partial charge < -0.3 is 15.8 Å². The Hall–Kier alpha value is -3.26. The Kier molecular flexibility index (Phi) is 6.33. The Labute approximate surface area is 166 Å². The monoisotopic (exact) mass is 396 g/mol. The molecule has 0 unspecified atom stereocenters. The van der Waals surface area contributed by atoms with Gasteiger partial charge >= 0.3 is 0 Å². The summed E-state index contributed by atoms with van der Waals surface area (Å²) in [6.07, 6.45) is 2.06. The van der Waals surface area contributed by atoms with Gasteiger partial charge in [0.2, 0.25) is 5.91 Å². The highest BCUT2D eigenvalue weighted by molar-refractivity contribution is 7.99. The second-order valence-corrected chi connectivity index (χ2v) is 7.05. The quantitative estimate of drug-likeness (QED) is 0.570. The van der Waals surface area contributed by atoms with Gasteiger partial charge in [0.1, 0.15) is 11.4 Å². The average molecular weight is 396 g/mol. The summed E-state index contributed by atoms with van der Waals surface area (Å²) in [4.78, 5) is 24.3. The zero-order valence-corrected chi connectivity index (χ0v) is 16.1. The maximum absolute atomic E-state index is 12.1. The van der Waals surface area contributed by atoms with Gasteiger partial charge in [-0.05, 0) is 54.6 Å². The molecular formula is C20H20N4O3S. The van der Waals surface area contributed by atoms with Gasteiger partial charge in [-0.15, -0.1) is 11.8 Å². The largest absolute Gasteiger partial charge is 0.497 e. The van der Waals surface area contributed by atoms with Gasteiger partial charge in [-0.25, -0.2) is 4.68 Å². The van der Waals surface area contributed by atoms with Crippen LogP contribution in [0.1, 0.15) is 16.9 Å². The number of carbonyl (C=O) groups excluding carboxylic acids is 2. The Morgan fingerprint density at radius 2 is 1.82 bits per heavy atom. The normalized spacial score (nSPS) is 10.5. The molecule has 0 saturated heterocycles. The van der Waals surface area contributed by atoms with Crippen molar-refractivity contribution in [1.29, 1.82) is 0 Å². The van der Waals surface area contributed by atoms with E-state index in [1.54, 1.807) is 60.1 Å². The summed E-state index contributed by atoms with van der Waals surface area (Å²) < 4.78 is 6.68. The average Bonchev–Trinajstić information content (AvgIpc) is 3.20. The summed E-state index contributed by atoms with van der Waals surface area (Å²) >= 11 is 1.62. The fourth-order valence-electron chi connectivity index (χ4n) is 2.45. The summed E-state index contributed by atoms with van der Waals surface area (Å²) in [7, 11) is 1.63. The van der Waals surface area contributed by atoms with Crippen molar-refractivity contribution in [3.05, 3.63) is 66.5 Å². The number of amides is 2. The molecule has 7 nitrogen and oxygen atoms in total. The molecule has 0 radical (unpaired) electrons. The van der Waals surface area contributed by atoms with Crippen molar-refractivity contribution in [2.75, 3.05) is 18.2 Å². The lowest BCUT2D eigenvalue weighted by atomic mass is 10.2. The van der Waals surface area contributed by atoms with E-state index in [1.165, 1.54) is 0 Å². The number of nitrogens with zero attached hydrogens (tertiary/aromatic N) is 2. The van der Waals surface area contributed by atoms with Gasteiger partial charge in [-0.1, -0.05) is 0 Å². The fourth-order valence-corrected chi connectivity index (χ4v) is 3.31. The number of hydrogen-bond donors (Lipinski definition) is 2. The van der Waals surface area contributed by atoms with E-state index in [0.717, 1.165) is 16.3 Å². The first kappa shape index (κ1) is 19.5. The number of aromatic nitrogens is 2. The van der Waals surface area contributed by atoms with E-state index in [-0.39, 0.29) is 11.6 Å². The van der Waals surface area contributed by atoms with Gasteiger partial charge in [0.05, 0.1) is 12.8 Å².